The molecule has 0 amide bonds. The molecule has 0 rings (SSSR count). The quantitative estimate of drug-likeness (QED) is 0.576. The summed E-state index contributed by atoms with van der Waals surface area (Å²) in [6, 6.07) is 0. The predicted octanol–water partition coefficient (Wildman–Crippen LogP) is 5.25. The molecule has 0 aromatic rings. The Bertz CT molecular complexity index is 286. The number of hydrogen-bond donors (Lipinski definition) is 0. The van der Waals surface area contributed by atoms with Crippen LogP contribution in [0.25, 0.3) is 0 Å². The van der Waals surface area contributed by atoms with Gasteiger partial charge in [0.1, 0.15) is 0 Å². The van der Waals surface area contributed by atoms with E-state index >= 15 is 0 Å². The van der Waals surface area contributed by atoms with E-state index in [-0.39, 0.29) is 0 Å². The summed E-state index contributed by atoms with van der Waals surface area (Å²) >= 11 is 0. The van der Waals surface area contributed by atoms with Gasteiger partial charge in [-0.05, 0) is 13.8 Å². The van der Waals surface area contributed by atoms with Crippen molar-refractivity contribution in [2.45, 2.75) is 38.6 Å². The molecule has 0 aliphatic carbocycles. The fourth-order valence-electron chi connectivity index (χ4n) is 1.46. The molecule has 0 aliphatic rings. The first-order valence-corrected chi connectivity index (χ1v) is 4.52. The van der Waals surface area contributed by atoms with E-state index in [9.17, 15) is 52.7 Å². The molecule has 0 atom stereocenters. The molecule has 0 radical (unpaired) electrons. The molecule has 0 saturated heterocycles. The number of halogens is 12. The molecule has 0 aliphatic heterocycles. The minimum absolute atomic E-state index is 1.16. The summed E-state index contributed by atoms with van der Waals surface area (Å²) in [6.45, 7) is -2.32. The van der Waals surface area contributed by atoms with Crippen LogP contribution in [0.1, 0.15) is 13.8 Å². The van der Waals surface area contributed by atoms with Gasteiger partial charge in [0.05, 0.1) is 0 Å². The lowest BCUT2D eigenvalue weighted by Crippen LogP contribution is -2.68. The molecular weight excluding hydrogens is 324 g/mol. The number of hydrogen-bond acceptors (Lipinski definition) is 0. The highest BCUT2D eigenvalue weighted by atomic mass is 19.4. The molecule has 0 unspecified atom stereocenters. The first-order chi connectivity index (χ1) is 8.25. The van der Waals surface area contributed by atoms with Gasteiger partial charge in [-0.15, -0.1) is 0 Å². The Kier molecular flexibility index (Phi) is 4.14. The normalized spacial score (nSPS) is 16.5. The zero-order chi connectivity index (χ0) is 17.0. The van der Waals surface area contributed by atoms with Crippen molar-refractivity contribution in [3.8, 4) is 0 Å². The van der Waals surface area contributed by atoms with E-state index in [2.05, 4.69) is 0 Å². The van der Waals surface area contributed by atoms with E-state index in [1.165, 1.54) is 0 Å². The molecular formula is C8H6F12. The fourth-order valence-corrected chi connectivity index (χ4v) is 1.46. The topological polar surface area (TPSA) is 0 Å². The standard InChI is InChI=1S/C8H6F12/c1-3(5(9,10)11,6(12,13)14)4(2,7(15,16)17)8(18,19)20/h1-2H3. The van der Waals surface area contributed by atoms with Gasteiger partial charge in [-0.1, -0.05) is 0 Å². The van der Waals surface area contributed by atoms with E-state index in [0.29, 0.717) is 0 Å². The number of alkyl halides is 12. The summed E-state index contributed by atoms with van der Waals surface area (Å²) in [6.07, 6.45) is -27.3. The van der Waals surface area contributed by atoms with Crippen molar-refractivity contribution in [1.82, 2.24) is 0 Å². The highest BCUT2D eigenvalue weighted by Crippen LogP contribution is 2.69. The van der Waals surface area contributed by atoms with Crippen LogP contribution in [0, 0.1) is 10.8 Å². The van der Waals surface area contributed by atoms with Crippen LogP contribution in [-0.2, 0) is 0 Å². The van der Waals surface area contributed by atoms with Gasteiger partial charge in [0.25, 0.3) is 0 Å². The van der Waals surface area contributed by atoms with E-state index < -0.39 is 49.4 Å². The van der Waals surface area contributed by atoms with Crippen molar-refractivity contribution in [1.29, 1.82) is 0 Å². The van der Waals surface area contributed by atoms with Crippen LogP contribution in [0.2, 0.25) is 0 Å². The SMILES string of the molecule is CC(C(F)(F)F)(C(F)(F)F)C(C)(C(F)(F)F)C(F)(F)F. The first kappa shape index (κ1) is 19.2. The van der Waals surface area contributed by atoms with E-state index in [4.69, 9.17) is 0 Å². The summed E-state index contributed by atoms with van der Waals surface area (Å²) in [5.74, 6) is 0. The van der Waals surface area contributed by atoms with Crippen LogP contribution >= 0.6 is 0 Å². The Morgan fingerprint density at radius 2 is 0.450 bits per heavy atom. The van der Waals surface area contributed by atoms with Gasteiger partial charge < -0.3 is 0 Å². The van der Waals surface area contributed by atoms with Crippen LogP contribution < -0.4 is 0 Å². The summed E-state index contributed by atoms with van der Waals surface area (Å²) in [5, 5.41) is 0. The maximum Gasteiger partial charge on any atom is 0.404 e. The lowest BCUT2D eigenvalue weighted by Gasteiger charge is -2.48. The summed E-state index contributed by atoms with van der Waals surface area (Å²) in [5.41, 5.74) is -12.1. The highest BCUT2D eigenvalue weighted by Gasteiger charge is 2.88. The minimum atomic E-state index is -6.83. The highest BCUT2D eigenvalue weighted by molar-refractivity contribution is 5.09. The lowest BCUT2D eigenvalue weighted by molar-refractivity contribution is -0.461. The third kappa shape index (κ3) is 2.30. The smallest absolute Gasteiger partial charge is 0.170 e. The molecule has 12 heteroatoms. The van der Waals surface area contributed by atoms with Gasteiger partial charge in [-0.2, -0.15) is 52.7 Å². The van der Waals surface area contributed by atoms with Crippen molar-refractivity contribution in [3.63, 3.8) is 0 Å². The fraction of sp³-hybridized carbons (Fsp3) is 1.00. The minimum Gasteiger partial charge on any atom is -0.170 e. The molecule has 0 N–H and O–H groups in total. The summed E-state index contributed by atoms with van der Waals surface area (Å²) < 4.78 is 149. The van der Waals surface area contributed by atoms with Crippen LogP contribution in [0.5, 0.6) is 0 Å². The Labute approximate surface area is 103 Å². The Balaban J connectivity index is 6.71. The molecule has 20 heavy (non-hydrogen) atoms. The maximum absolute atomic E-state index is 12.4. The van der Waals surface area contributed by atoms with Crippen molar-refractivity contribution < 1.29 is 52.7 Å². The van der Waals surface area contributed by atoms with Crippen LogP contribution in [-0.4, -0.2) is 24.7 Å². The Hall–Kier alpha value is -0.840. The average Bonchev–Trinajstić information content (AvgIpc) is 2.07. The molecule has 122 valence electrons. The predicted molar refractivity (Wildman–Crippen MR) is 40.4 cm³/mol. The zero-order valence-corrected chi connectivity index (χ0v) is 9.54. The molecule has 0 fully saturated rings. The summed E-state index contributed by atoms with van der Waals surface area (Å²) in [4.78, 5) is 0. The second kappa shape index (κ2) is 4.33. The largest absolute Gasteiger partial charge is 0.404 e. The van der Waals surface area contributed by atoms with Crippen LogP contribution in [0.4, 0.5) is 52.7 Å². The molecule has 0 saturated carbocycles. The maximum atomic E-state index is 12.4. The second-order valence-electron chi connectivity index (χ2n) is 4.24. The Morgan fingerprint density at radius 3 is 0.500 bits per heavy atom. The molecule has 0 spiro atoms. The average molecular weight is 330 g/mol. The molecule has 0 bridgehead atoms. The molecule has 0 nitrogen and oxygen atoms in total. The molecule has 0 aromatic heterocycles. The van der Waals surface area contributed by atoms with Gasteiger partial charge in [0.2, 0.25) is 0 Å². The zero-order valence-electron chi connectivity index (χ0n) is 9.54. The van der Waals surface area contributed by atoms with Crippen LogP contribution in [0.3, 0.4) is 0 Å². The van der Waals surface area contributed by atoms with Crippen LogP contribution in [0.15, 0.2) is 0 Å². The van der Waals surface area contributed by atoms with Crippen molar-refractivity contribution >= 4 is 0 Å². The van der Waals surface area contributed by atoms with Gasteiger partial charge in [-0.25, -0.2) is 0 Å². The first-order valence-electron chi connectivity index (χ1n) is 4.52. The lowest BCUT2D eigenvalue weighted by atomic mass is 9.63. The van der Waals surface area contributed by atoms with E-state index in [1.54, 1.807) is 0 Å². The number of rotatable bonds is 1. The summed E-state index contributed by atoms with van der Waals surface area (Å²) in [7, 11) is 0. The van der Waals surface area contributed by atoms with E-state index in [0.717, 1.165) is 0 Å². The van der Waals surface area contributed by atoms with Crippen molar-refractivity contribution in [2.75, 3.05) is 0 Å². The Morgan fingerprint density at radius 1 is 0.350 bits per heavy atom. The molecule has 0 aromatic carbocycles. The van der Waals surface area contributed by atoms with E-state index in [1.807, 2.05) is 0 Å². The van der Waals surface area contributed by atoms with Crippen molar-refractivity contribution in [2.24, 2.45) is 10.8 Å². The second-order valence-corrected chi connectivity index (χ2v) is 4.24. The third-order valence-corrected chi connectivity index (χ3v) is 3.27. The monoisotopic (exact) mass is 330 g/mol. The molecule has 0 heterocycles. The van der Waals surface area contributed by atoms with Crippen molar-refractivity contribution in [3.05, 3.63) is 0 Å². The van der Waals surface area contributed by atoms with Gasteiger partial charge in [0, 0.05) is 0 Å². The van der Waals surface area contributed by atoms with Gasteiger partial charge in [0.15, 0.2) is 10.8 Å². The third-order valence-electron chi connectivity index (χ3n) is 3.27. The van der Waals surface area contributed by atoms with Gasteiger partial charge >= 0.3 is 24.7 Å². The van der Waals surface area contributed by atoms with Gasteiger partial charge in [-0.3, -0.25) is 0 Å².